The lowest BCUT2D eigenvalue weighted by molar-refractivity contribution is -0.384. The minimum Gasteiger partial charge on any atom is -0.309 e. The van der Waals surface area contributed by atoms with Crippen LogP contribution in [0.25, 0.3) is 10.9 Å². The zero-order valence-corrected chi connectivity index (χ0v) is 14.5. The second-order valence-electron chi connectivity index (χ2n) is 5.42. The molecule has 0 radical (unpaired) electrons. The molecule has 0 amide bonds. The van der Waals surface area contributed by atoms with E-state index in [9.17, 15) is 14.9 Å². The number of aromatic nitrogens is 2. The van der Waals surface area contributed by atoms with Gasteiger partial charge in [-0.15, -0.1) is 17.0 Å². The first-order chi connectivity index (χ1) is 9.99. The summed E-state index contributed by atoms with van der Waals surface area (Å²) in [7, 11) is 4.09. The molecule has 0 fully saturated rings. The molecule has 0 aliphatic carbocycles. The number of benzene rings is 1. The molecule has 0 aliphatic heterocycles. The van der Waals surface area contributed by atoms with Gasteiger partial charge in [0.15, 0.2) is 0 Å². The van der Waals surface area contributed by atoms with Crippen molar-refractivity contribution in [1.29, 1.82) is 0 Å². The number of nitro groups is 1. The normalized spacial score (nSPS) is 10.9. The van der Waals surface area contributed by atoms with Crippen molar-refractivity contribution in [2.45, 2.75) is 25.8 Å². The Hall–Kier alpha value is -1.67. The molecule has 0 saturated heterocycles. The van der Waals surface area contributed by atoms with E-state index in [0.717, 1.165) is 31.3 Å². The molecule has 8 heteroatoms. The van der Waals surface area contributed by atoms with Crippen LogP contribution in [0.3, 0.4) is 0 Å². The molecule has 0 unspecified atom stereocenters. The largest absolute Gasteiger partial charge is 0.309 e. The van der Waals surface area contributed by atoms with Gasteiger partial charge >= 0.3 is 0 Å². The van der Waals surface area contributed by atoms with Crippen LogP contribution in [0.2, 0.25) is 0 Å². The van der Waals surface area contributed by atoms with Gasteiger partial charge in [-0.2, -0.15) is 0 Å². The Balaban J connectivity index is 0.00000242. The number of unbranched alkanes of at least 4 members (excludes halogenated alkanes) is 2. The fraction of sp³-hybridized carbons (Fsp3) is 0.500. The van der Waals surface area contributed by atoms with Gasteiger partial charge in [0, 0.05) is 18.7 Å². The Morgan fingerprint density at radius 3 is 2.64 bits per heavy atom. The van der Waals surface area contributed by atoms with Crippen molar-refractivity contribution in [2.24, 2.45) is 0 Å². The summed E-state index contributed by atoms with van der Waals surface area (Å²) < 4.78 is 1.77. The molecule has 1 heterocycles. The maximum Gasteiger partial charge on any atom is 0.272 e. The van der Waals surface area contributed by atoms with Crippen molar-refractivity contribution in [2.75, 3.05) is 20.6 Å². The topological polar surface area (TPSA) is 84.2 Å². The smallest absolute Gasteiger partial charge is 0.272 e. The molecule has 1 aromatic heterocycles. The van der Waals surface area contributed by atoms with E-state index in [1.54, 1.807) is 10.7 Å². The van der Waals surface area contributed by atoms with E-state index >= 15 is 0 Å². The molecule has 2 aromatic rings. The number of nitrogens with zero attached hydrogens (tertiary/aromatic N) is 3. The average molecular weight is 373 g/mol. The monoisotopic (exact) mass is 372 g/mol. The number of nitro benzene ring substituents is 1. The fourth-order valence-electron chi connectivity index (χ4n) is 2.35. The molecule has 1 N–H and O–H groups in total. The second-order valence-corrected chi connectivity index (χ2v) is 5.42. The number of aryl methyl sites for hydroxylation is 1. The van der Waals surface area contributed by atoms with Gasteiger partial charge in [0.2, 0.25) is 0 Å². The molecular weight excluding hydrogens is 352 g/mol. The molecule has 22 heavy (non-hydrogen) atoms. The average Bonchev–Trinajstić information content (AvgIpc) is 2.74. The van der Waals surface area contributed by atoms with E-state index in [-0.39, 0.29) is 28.2 Å². The lowest BCUT2D eigenvalue weighted by Gasteiger charge is -2.09. The van der Waals surface area contributed by atoms with Crippen molar-refractivity contribution in [3.05, 3.63) is 38.7 Å². The van der Waals surface area contributed by atoms with Gasteiger partial charge in [0.1, 0.15) is 0 Å². The van der Waals surface area contributed by atoms with E-state index in [1.807, 2.05) is 14.1 Å². The summed E-state index contributed by atoms with van der Waals surface area (Å²) in [4.78, 5) is 24.2. The minimum absolute atomic E-state index is 0. The molecular formula is C14H21BrN4O3. The Bertz CT molecular complexity index is 693. The molecule has 1 aromatic carbocycles. The third kappa shape index (κ3) is 4.41. The van der Waals surface area contributed by atoms with E-state index < -0.39 is 4.92 Å². The van der Waals surface area contributed by atoms with Crippen LogP contribution < -0.4 is 5.56 Å². The van der Waals surface area contributed by atoms with Gasteiger partial charge < -0.3 is 4.90 Å². The van der Waals surface area contributed by atoms with Gasteiger partial charge in [-0.3, -0.25) is 24.7 Å². The third-order valence-electron chi connectivity index (χ3n) is 3.45. The van der Waals surface area contributed by atoms with Crippen LogP contribution in [-0.4, -0.2) is 40.2 Å². The first-order valence-corrected chi connectivity index (χ1v) is 7.01. The Morgan fingerprint density at radius 2 is 2.00 bits per heavy atom. The molecule has 0 saturated carbocycles. The third-order valence-corrected chi connectivity index (χ3v) is 3.45. The molecule has 0 bridgehead atoms. The summed E-state index contributed by atoms with van der Waals surface area (Å²) in [6.07, 6.45) is 3.15. The SMILES string of the molecule is Br.CN(C)CCCCCn1[nH]c(=O)c2cc([N+](=O)[O-])ccc21. The Labute approximate surface area is 138 Å². The zero-order valence-electron chi connectivity index (χ0n) is 12.7. The highest BCUT2D eigenvalue weighted by molar-refractivity contribution is 8.93. The maximum atomic E-state index is 11.8. The van der Waals surface area contributed by atoms with Gasteiger partial charge in [-0.05, 0) is 39.5 Å². The molecule has 0 atom stereocenters. The first-order valence-electron chi connectivity index (χ1n) is 7.01. The van der Waals surface area contributed by atoms with Gasteiger partial charge in [0.05, 0.1) is 15.8 Å². The highest BCUT2D eigenvalue weighted by Crippen LogP contribution is 2.18. The number of nitrogens with one attached hydrogen (secondary N) is 1. The highest BCUT2D eigenvalue weighted by atomic mass is 79.9. The Kier molecular flexibility index (Phi) is 6.76. The van der Waals surface area contributed by atoms with Crippen LogP contribution in [0.4, 0.5) is 5.69 Å². The van der Waals surface area contributed by atoms with Gasteiger partial charge in [-0.1, -0.05) is 6.42 Å². The predicted octanol–water partition coefficient (Wildman–Crippen LogP) is 2.55. The van der Waals surface area contributed by atoms with Crippen LogP contribution in [0, 0.1) is 10.1 Å². The van der Waals surface area contributed by atoms with Crippen LogP contribution in [0.15, 0.2) is 23.0 Å². The standard InChI is InChI=1S/C14H20N4O3.BrH/c1-16(2)8-4-3-5-9-17-13-7-6-11(18(20)21)10-12(13)14(19)15-17;/h6-7,10H,3-5,8-9H2,1-2H3,(H,15,19);1H. The minimum atomic E-state index is -0.489. The number of hydrogen-bond donors (Lipinski definition) is 1. The second kappa shape index (κ2) is 8.09. The van der Waals surface area contributed by atoms with Crippen molar-refractivity contribution < 1.29 is 4.92 Å². The summed E-state index contributed by atoms with van der Waals surface area (Å²) >= 11 is 0. The summed E-state index contributed by atoms with van der Waals surface area (Å²) in [5.74, 6) is 0. The lowest BCUT2D eigenvalue weighted by Crippen LogP contribution is -2.13. The summed E-state index contributed by atoms with van der Waals surface area (Å²) in [5, 5.41) is 13.9. The highest BCUT2D eigenvalue weighted by Gasteiger charge is 2.12. The van der Waals surface area contributed by atoms with Crippen LogP contribution in [-0.2, 0) is 6.54 Å². The Morgan fingerprint density at radius 1 is 1.27 bits per heavy atom. The number of halogens is 1. The van der Waals surface area contributed by atoms with E-state index in [1.165, 1.54) is 12.1 Å². The summed E-state index contributed by atoms with van der Waals surface area (Å²) in [6.45, 7) is 1.76. The number of H-pyrrole nitrogens is 1. The molecule has 0 aliphatic rings. The van der Waals surface area contributed by atoms with Crippen LogP contribution in [0.5, 0.6) is 0 Å². The number of non-ortho nitro benzene ring substituents is 1. The molecule has 7 nitrogen and oxygen atoms in total. The van der Waals surface area contributed by atoms with Gasteiger partial charge in [-0.25, -0.2) is 0 Å². The van der Waals surface area contributed by atoms with Crippen LogP contribution in [0.1, 0.15) is 19.3 Å². The van der Waals surface area contributed by atoms with E-state index in [2.05, 4.69) is 10.00 Å². The van der Waals surface area contributed by atoms with Crippen molar-refractivity contribution >= 4 is 33.6 Å². The molecule has 0 spiro atoms. The summed E-state index contributed by atoms with van der Waals surface area (Å²) in [5.41, 5.74) is 0.386. The quantitative estimate of drug-likeness (QED) is 0.459. The molecule has 2 rings (SSSR count). The molecule has 122 valence electrons. The number of aromatic amines is 1. The lowest BCUT2D eigenvalue weighted by atomic mass is 10.2. The first kappa shape index (κ1) is 18.4. The van der Waals surface area contributed by atoms with E-state index in [4.69, 9.17) is 0 Å². The van der Waals surface area contributed by atoms with Gasteiger partial charge in [0.25, 0.3) is 11.2 Å². The number of hydrogen-bond acceptors (Lipinski definition) is 4. The summed E-state index contributed by atoms with van der Waals surface area (Å²) in [6, 6.07) is 4.39. The zero-order chi connectivity index (χ0) is 15.4. The predicted molar refractivity (Wildman–Crippen MR) is 91.9 cm³/mol. The van der Waals surface area contributed by atoms with Crippen molar-refractivity contribution in [3.8, 4) is 0 Å². The van der Waals surface area contributed by atoms with Crippen molar-refractivity contribution in [3.63, 3.8) is 0 Å². The van der Waals surface area contributed by atoms with Crippen LogP contribution >= 0.6 is 17.0 Å². The van der Waals surface area contributed by atoms with E-state index in [0.29, 0.717) is 11.9 Å². The maximum absolute atomic E-state index is 11.8. The fourth-order valence-corrected chi connectivity index (χ4v) is 2.35. The number of rotatable bonds is 7. The number of fused-ring (bicyclic) bond motifs is 1. The van der Waals surface area contributed by atoms with Crippen molar-refractivity contribution in [1.82, 2.24) is 14.7 Å².